The molecule has 0 atom stereocenters. The maximum Gasteiger partial charge on any atom is 0.258 e. The van der Waals surface area contributed by atoms with Crippen LogP contribution in [-0.2, 0) is 0 Å². The van der Waals surface area contributed by atoms with E-state index in [4.69, 9.17) is 0 Å². The summed E-state index contributed by atoms with van der Waals surface area (Å²) in [6.45, 7) is 0. The molecule has 88 valence electrons. The van der Waals surface area contributed by atoms with Crippen LogP contribution in [0.15, 0.2) is 53.6 Å². The second-order valence-corrected chi connectivity index (χ2v) is 3.94. The summed E-state index contributed by atoms with van der Waals surface area (Å²) in [6.07, 6.45) is 1.35. The highest BCUT2D eigenvalue weighted by atomic mass is 19.1. The van der Waals surface area contributed by atoms with E-state index in [1.807, 2.05) is 0 Å². The lowest BCUT2D eigenvalue weighted by molar-refractivity contribution is 0.631. The zero-order valence-electron chi connectivity index (χ0n) is 9.35. The highest BCUT2D eigenvalue weighted by Gasteiger charge is 2.06. The van der Waals surface area contributed by atoms with Gasteiger partial charge in [0.05, 0.1) is 17.2 Å². The van der Waals surface area contributed by atoms with Gasteiger partial charge in [-0.25, -0.2) is 9.37 Å². The van der Waals surface area contributed by atoms with Crippen LogP contribution in [0.2, 0.25) is 0 Å². The minimum atomic E-state index is -0.308. The molecule has 0 aliphatic rings. The average Bonchev–Trinajstić information content (AvgIpc) is 2.40. The fourth-order valence-electron chi connectivity index (χ4n) is 1.93. The molecule has 18 heavy (non-hydrogen) atoms. The first-order valence-electron chi connectivity index (χ1n) is 5.48. The number of aromatic nitrogens is 2. The van der Waals surface area contributed by atoms with Gasteiger partial charge in [0.15, 0.2) is 0 Å². The Morgan fingerprint density at radius 1 is 1.11 bits per heavy atom. The molecule has 0 fully saturated rings. The second kappa shape index (κ2) is 4.07. The molecule has 0 saturated heterocycles. The maximum atomic E-state index is 13.7. The molecule has 1 heterocycles. The largest absolute Gasteiger partial charge is 0.313 e. The normalized spacial score (nSPS) is 10.7. The minimum Gasteiger partial charge on any atom is -0.313 e. The second-order valence-electron chi connectivity index (χ2n) is 3.94. The number of hydrogen-bond acceptors (Lipinski definition) is 2. The number of benzene rings is 2. The molecule has 3 nitrogen and oxygen atoms in total. The lowest BCUT2D eigenvalue weighted by atomic mass is 10.0. The number of nitrogens with zero attached hydrogens (tertiary/aromatic N) is 1. The summed E-state index contributed by atoms with van der Waals surface area (Å²) < 4.78 is 13.7. The Hall–Kier alpha value is -2.49. The van der Waals surface area contributed by atoms with Crippen LogP contribution in [0, 0.1) is 5.82 Å². The summed E-state index contributed by atoms with van der Waals surface area (Å²) in [7, 11) is 0. The average molecular weight is 240 g/mol. The van der Waals surface area contributed by atoms with Crippen LogP contribution in [0.4, 0.5) is 4.39 Å². The van der Waals surface area contributed by atoms with Crippen molar-refractivity contribution in [1.29, 1.82) is 0 Å². The van der Waals surface area contributed by atoms with Gasteiger partial charge in [-0.1, -0.05) is 24.3 Å². The van der Waals surface area contributed by atoms with Crippen LogP contribution >= 0.6 is 0 Å². The maximum absolute atomic E-state index is 13.7. The van der Waals surface area contributed by atoms with Crippen LogP contribution in [0.1, 0.15) is 0 Å². The van der Waals surface area contributed by atoms with Crippen molar-refractivity contribution in [2.75, 3.05) is 0 Å². The molecule has 3 rings (SSSR count). The molecule has 3 aromatic rings. The molecule has 0 unspecified atom stereocenters. The number of nitrogens with one attached hydrogen (secondary N) is 1. The van der Waals surface area contributed by atoms with Crippen LogP contribution in [0.3, 0.4) is 0 Å². The molecule has 0 amide bonds. The van der Waals surface area contributed by atoms with Gasteiger partial charge < -0.3 is 4.98 Å². The predicted molar refractivity (Wildman–Crippen MR) is 67.8 cm³/mol. The number of halogens is 1. The molecule has 0 aliphatic carbocycles. The van der Waals surface area contributed by atoms with Gasteiger partial charge in [-0.05, 0) is 23.8 Å². The van der Waals surface area contributed by atoms with E-state index in [2.05, 4.69) is 9.97 Å². The summed E-state index contributed by atoms with van der Waals surface area (Å²) in [5, 5.41) is 0.457. The molecule has 0 radical (unpaired) electrons. The lowest BCUT2D eigenvalue weighted by Crippen LogP contribution is -2.06. The standard InChI is InChI=1S/C14H9FN2O/c15-12-4-2-1-3-10(12)9-5-6-13-11(7-9)14(18)17-8-16-13/h1-8H,(H,16,17,18). The molecule has 0 saturated carbocycles. The third kappa shape index (κ3) is 1.68. The van der Waals surface area contributed by atoms with Crippen molar-refractivity contribution in [3.63, 3.8) is 0 Å². The Morgan fingerprint density at radius 2 is 1.94 bits per heavy atom. The minimum absolute atomic E-state index is 0.224. The Labute approximate surface area is 102 Å². The summed E-state index contributed by atoms with van der Waals surface area (Å²) >= 11 is 0. The monoisotopic (exact) mass is 240 g/mol. The van der Waals surface area contributed by atoms with Gasteiger partial charge in [-0.15, -0.1) is 0 Å². The highest BCUT2D eigenvalue weighted by molar-refractivity contribution is 5.83. The Morgan fingerprint density at radius 3 is 2.78 bits per heavy atom. The van der Waals surface area contributed by atoms with Crippen molar-refractivity contribution in [2.45, 2.75) is 0 Å². The van der Waals surface area contributed by atoms with Gasteiger partial charge >= 0.3 is 0 Å². The van der Waals surface area contributed by atoms with E-state index < -0.39 is 0 Å². The Bertz CT molecular complexity index is 780. The fraction of sp³-hybridized carbons (Fsp3) is 0. The number of H-pyrrole nitrogens is 1. The first kappa shape index (κ1) is 10.7. The molecular formula is C14H9FN2O. The van der Waals surface area contributed by atoms with Crippen molar-refractivity contribution < 1.29 is 4.39 Å². The molecule has 1 N–H and O–H groups in total. The topological polar surface area (TPSA) is 45.8 Å². The van der Waals surface area contributed by atoms with Crippen molar-refractivity contribution in [3.8, 4) is 11.1 Å². The van der Waals surface area contributed by atoms with Crippen LogP contribution in [-0.4, -0.2) is 9.97 Å². The summed E-state index contributed by atoms with van der Waals surface area (Å²) in [4.78, 5) is 18.2. The van der Waals surface area contributed by atoms with Crippen molar-refractivity contribution in [2.24, 2.45) is 0 Å². The SMILES string of the molecule is O=c1[nH]cnc2ccc(-c3ccccc3F)cc12. The molecule has 0 aliphatic heterocycles. The Balaban J connectivity index is 2.29. The van der Waals surface area contributed by atoms with Crippen molar-refractivity contribution in [3.05, 3.63) is 65.0 Å². The predicted octanol–water partition coefficient (Wildman–Crippen LogP) is 2.73. The van der Waals surface area contributed by atoms with Crippen molar-refractivity contribution >= 4 is 10.9 Å². The number of hydrogen-bond donors (Lipinski definition) is 1. The molecule has 2 aromatic carbocycles. The van der Waals surface area contributed by atoms with Gasteiger partial charge in [-0.3, -0.25) is 4.79 Å². The van der Waals surface area contributed by atoms with Gasteiger partial charge in [0.1, 0.15) is 5.82 Å². The quantitative estimate of drug-likeness (QED) is 0.710. The Kier molecular flexibility index (Phi) is 2.41. The van der Waals surface area contributed by atoms with Gasteiger partial charge in [0.2, 0.25) is 0 Å². The van der Waals surface area contributed by atoms with E-state index in [0.717, 1.165) is 0 Å². The van der Waals surface area contributed by atoms with E-state index in [1.54, 1.807) is 36.4 Å². The van der Waals surface area contributed by atoms with Crippen LogP contribution < -0.4 is 5.56 Å². The summed E-state index contributed by atoms with van der Waals surface area (Å²) in [5.74, 6) is -0.308. The zero-order valence-corrected chi connectivity index (χ0v) is 9.35. The number of aromatic amines is 1. The summed E-state index contributed by atoms with van der Waals surface area (Å²) in [5.41, 5.74) is 1.51. The molecule has 0 bridgehead atoms. The highest BCUT2D eigenvalue weighted by Crippen LogP contribution is 2.24. The first-order valence-corrected chi connectivity index (χ1v) is 5.48. The van der Waals surface area contributed by atoms with E-state index in [0.29, 0.717) is 22.0 Å². The summed E-state index contributed by atoms with van der Waals surface area (Å²) in [6, 6.07) is 11.6. The molecule has 1 aromatic heterocycles. The fourth-order valence-corrected chi connectivity index (χ4v) is 1.93. The van der Waals surface area contributed by atoms with Crippen LogP contribution in [0.5, 0.6) is 0 Å². The smallest absolute Gasteiger partial charge is 0.258 e. The number of rotatable bonds is 1. The van der Waals surface area contributed by atoms with E-state index in [1.165, 1.54) is 12.4 Å². The molecule has 0 spiro atoms. The third-order valence-electron chi connectivity index (χ3n) is 2.83. The van der Waals surface area contributed by atoms with E-state index >= 15 is 0 Å². The van der Waals surface area contributed by atoms with Crippen LogP contribution in [0.25, 0.3) is 22.0 Å². The molecular weight excluding hydrogens is 231 g/mol. The van der Waals surface area contributed by atoms with E-state index in [9.17, 15) is 9.18 Å². The van der Waals surface area contributed by atoms with Gasteiger partial charge in [0, 0.05) is 5.56 Å². The zero-order chi connectivity index (χ0) is 12.5. The van der Waals surface area contributed by atoms with Gasteiger partial charge in [-0.2, -0.15) is 0 Å². The van der Waals surface area contributed by atoms with Gasteiger partial charge in [0.25, 0.3) is 5.56 Å². The third-order valence-corrected chi connectivity index (χ3v) is 2.83. The van der Waals surface area contributed by atoms with Crippen molar-refractivity contribution in [1.82, 2.24) is 9.97 Å². The first-order chi connectivity index (χ1) is 8.75. The van der Waals surface area contributed by atoms with E-state index in [-0.39, 0.29) is 11.4 Å². The lowest BCUT2D eigenvalue weighted by Gasteiger charge is -2.04. The number of fused-ring (bicyclic) bond motifs is 1. The molecule has 4 heteroatoms.